The molecule has 4 aromatic rings. The minimum Gasteiger partial charge on any atom is -0.423 e. The Kier molecular flexibility index (Phi) is 4.90. The van der Waals surface area contributed by atoms with Gasteiger partial charge in [-0.2, -0.15) is 13.2 Å². The average molecular weight is 431 g/mol. The van der Waals surface area contributed by atoms with Gasteiger partial charge in [0.2, 0.25) is 0 Å². The normalized spacial score (nSPS) is 11.6. The Balaban J connectivity index is 1.58. The largest absolute Gasteiger partial charge is 0.423 e. The lowest BCUT2D eigenvalue weighted by atomic mass is 10.1. The van der Waals surface area contributed by atoms with Crippen LogP contribution in [0.4, 0.5) is 13.2 Å². The molecule has 0 aliphatic carbocycles. The predicted molar refractivity (Wildman–Crippen MR) is 105 cm³/mol. The van der Waals surface area contributed by atoms with E-state index in [1.165, 1.54) is 24.3 Å². The van der Waals surface area contributed by atoms with Crippen molar-refractivity contribution in [2.24, 2.45) is 0 Å². The van der Waals surface area contributed by atoms with Crippen LogP contribution in [0.5, 0.6) is 5.75 Å². The second-order valence-corrected chi connectivity index (χ2v) is 7.35. The molecule has 0 bridgehead atoms. The summed E-state index contributed by atoms with van der Waals surface area (Å²) in [6.07, 6.45) is -4.43. The van der Waals surface area contributed by atoms with E-state index in [-0.39, 0.29) is 16.2 Å². The highest BCUT2D eigenvalue weighted by atomic mass is 32.1. The van der Waals surface area contributed by atoms with E-state index in [4.69, 9.17) is 9.15 Å². The van der Waals surface area contributed by atoms with Crippen molar-refractivity contribution >= 4 is 28.3 Å². The predicted octanol–water partition coefficient (Wildman–Crippen LogP) is 5.46. The fourth-order valence-corrected chi connectivity index (χ4v) is 3.72. The zero-order valence-corrected chi connectivity index (χ0v) is 16.1. The molecule has 0 fully saturated rings. The number of carbonyl (C=O) groups is 1. The summed E-state index contributed by atoms with van der Waals surface area (Å²) in [4.78, 5) is 28.4. The Labute approximate surface area is 171 Å². The molecular formula is C21H12F3NO4S. The van der Waals surface area contributed by atoms with Gasteiger partial charge in [-0.05, 0) is 37.3 Å². The van der Waals surface area contributed by atoms with Gasteiger partial charge in [0.1, 0.15) is 21.2 Å². The Morgan fingerprint density at radius 3 is 2.47 bits per heavy atom. The van der Waals surface area contributed by atoms with E-state index in [1.807, 2.05) is 0 Å². The zero-order chi connectivity index (χ0) is 21.5. The second kappa shape index (κ2) is 7.42. The Morgan fingerprint density at radius 1 is 1.07 bits per heavy atom. The summed E-state index contributed by atoms with van der Waals surface area (Å²) >= 11 is 1.02. The smallest absolute Gasteiger partial charge is 0.416 e. The molecule has 0 spiro atoms. The first-order chi connectivity index (χ1) is 14.2. The van der Waals surface area contributed by atoms with Crippen LogP contribution in [0.1, 0.15) is 20.9 Å². The SMILES string of the molecule is Cc1nc(-c2ccc(C(F)(F)F)cc2)sc1C(=O)Oc1ccc2ccc(=O)oc2c1. The molecule has 2 aromatic heterocycles. The lowest BCUT2D eigenvalue weighted by Gasteiger charge is -2.06. The van der Waals surface area contributed by atoms with Gasteiger partial charge in [0, 0.05) is 23.1 Å². The third-order valence-corrected chi connectivity index (χ3v) is 5.43. The molecule has 30 heavy (non-hydrogen) atoms. The maximum absolute atomic E-state index is 12.7. The van der Waals surface area contributed by atoms with Gasteiger partial charge in [-0.15, -0.1) is 11.3 Å². The molecule has 4 rings (SSSR count). The fraction of sp³-hybridized carbons (Fsp3) is 0.0952. The van der Waals surface area contributed by atoms with Gasteiger partial charge >= 0.3 is 17.8 Å². The summed E-state index contributed by atoms with van der Waals surface area (Å²) in [7, 11) is 0. The molecule has 0 unspecified atom stereocenters. The number of hydrogen-bond acceptors (Lipinski definition) is 6. The van der Waals surface area contributed by atoms with Gasteiger partial charge in [0.25, 0.3) is 0 Å². The minimum absolute atomic E-state index is 0.186. The molecular weight excluding hydrogens is 419 g/mol. The van der Waals surface area contributed by atoms with Crippen LogP contribution in [0.2, 0.25) is 0 Å². The number of fused-ring (bicyclic) bond motifs is 1. The molecule has 0 aliphatic rings. The number of rotatable bonds is 3. The van der Waals surface area contributed by atoms with E-state index in [0.717, 1.165) is 23.5 Å². The molecule has 0 atom stereocenters. The topological polar surface area (TPSA) is 69.4 Å². The molecule has 2 aromatic carbocycles. The molecule has 5 nitrogen and oxygen atoms in total. The van der Waals surface area contributed by atoms with Crippen molar-refractivity contribution in [3.05, 3.63) is 81.2 Å². The van der Waals surface area contributed by atoms with Crippen molar-refractivity contribution in [2.45, 2.75) is 13.1 Å². The van der Waals surface area contributed by atoms with E-state index < -0.39 is 23.3 Å². The summed E-state index contributed by atoms with van der Waals surface area (Å²) in [5.41, 5.74) is -0.151. The third kappa shape index (κ3) is 3.97. The molecule has 0 saturated heterocycles. The lowest BCUT2D eigenvalue weighted by Crippen LogP contribution is -2.08. The van der Waals surface area contributed by atoms with Crippen LogP contribution in [0.3, 0.4) is 0 Å². The number of ether oxygens (including phenoxy) is 1. The number of carbonyl (C=O) groups excluding carboxylic acids is 1. The third-order valence-electron chi connectivity index (χ3n) is 4.25. The number of aromatic nitrogens is 1. The van der Waals surface area contributed by atoms with E-state index in [9.17, 15) is 22.8 Å². The van der Waals surface area contributed by atoms with Crippen molar-refractivity contribution in [2.75, 3.05) is 0 Å². The second-order valence-electron chi connectivity index (χ2n) is 6.35. The summed E-state index contributed by atoms with van der Waals surface area (Å²) in [5.74, 6) is -0.480. The average Bonchev–Trinajstić information content (AvgIpc) is 3.09. The van der Waals surface area contributed by atoms with Crippen LogP contribution in [-0.4, -0.2) is 11.0 Å². The molecule has 0 radical (unpaired) electrons. The van der Waals surface area contributed by atoms with E-state index in [2.05, 4.69) is 4.98 Å². The maximum Gasteiger partial charge on any atom is 0.416 e. The number of benzene rings is 2. The minimum atomic E-state index is -4.43. The first-order valence-electron chi connectivity index (χ1n) is 8.62. The quantitative estimate of drug-likeness (QED) is 0.245. The molecule has 152 valence electrons. The van der Waals surface area contributed by atoms with Crippen molar-refractivity contribution < 1.29 is 27.1 Å². The van der Waals surface area contributed by atoms with Crippen molar-refractivity contribution in [3.63, 3.8) is 0 Å². The van der Waals surface area contributed by atoms with Gasteiger partial charge < -0.3 is 9.15 Å². The Bertz CT molecular complexity index is 1310. The van der Waals surface area contributed by atoms with E-state index in [0.29, 0.717) is 21.7 Å². The summed E-state index contributed by atoms with van der Waals surface area (Å²) in [5, 5.41) is 1.07. The van der Waals surface area contributed by atoms with Gasteiger partial charge in [0.05, 0.1) is 11.3 Å². The van der Waals surface area contributed by atoms with Crippen LogP contribution in [0.25, 0.3) is 21.5 Å². The number of aryl methyl sites for hydroxylation is 1. The number of hydrogen-bond donors (Lipinski definition) is 0. The number of halogens is 3. The van der Waals surface area contributed by atoms with Gasteiger partial charge in [0.15, 0.2) is 0 Å². The highest BCUT2D eigenvalue weighted by Crippen LogP contribution is 2.33. The van der Waals surface area contributed by atoms with Crippen molar-refractivity contribution in [1.82, 2.24) is 4.98 Å². The number of esters is 1. The van der Waals surface area contributed by atoms with Crippen LogP contribution in [-0.2, 0) is 6.18 Å². The van der Waals surface area contributed by atoms with Crippen LogP contribution in [0, 0.1) is 6.92 Å². The van der Waals surface area contributed by atoms with E-state index >= 15 is 0 Å². The lowest BCUT2D eigenvalue weighted by molar-refractivity contribution is -0.137. The zero-order valence-electron chi connectivity index (χ0n) is 15.3. The first-order valence-corrected chi connectivity index (χ1v) is 9.43. The molecule has 0 aliphatic heterocycles. The van der Waals surface area contributed by atoms with Crippen molar-refractivity contribution in [3.8, 4) is 16.3 Å². The first kappa shape index (κ1) is 19.8. The van der Waals surface area contributed by atoms with Crippen molar-refractivity contribution in [1.29, 1.82) is 0 Å². The standard InChI is InChI=1S/C21H12F3NO4S/c1-11-18(30-19(25-11)13-2-6-14(7-3-13)21(22,23)24)20(27)28-15-8-4-12-5-9-17(26)29-16(12)10-15/h2-10H,1H3. The Morgan fingerprint density at radius 2 is 1.77 bits per heavy atom. The summed E-state index contributed by atoms with van der Waals surface area (Å²) in [6, 6.07) is 12.1. The summed E-state index contributed by atoms with van der Waals surface area (Å²) in [6.45, 7) is 1.61. The molecule has 0 saturated carbocycles. The highest BCUT2D eigenvalue weighted by molar-refractivity contribution is 7.17. The monoisotopic (exact) mass is 431 g/mol. The van der Waals surface area contributed by atoms with Crippen LogP contribution in [0.15, 0.2) is 63.8 Å². The highest BCUT2D eigenvalue weighted by Gasteiger charge is 2.30. The Hall–Kier alpha value is -3.46. The molecule has 0 N–H and O–H groups in total. The molecule has 2 heterocycles. The number of nitrogens with zero attached hydrogens (tertiary/aromatic N) is 1. The van der Waals surface area contributed by atoms with Gasteiger partial charge in [-0.3, -0.25) is 0 Å². The number of thiazole rings is 1. The molecule has 0 amide bonds. The maximum atomic E-state index is 12.7. The van der Waals surface area contributed by atoms with Crippen LogP contribution < -0.4 is 10.4 Å². The molecule has 9 heteroatoms. The van der Waals surface area contributed by atoms with Crippen LogP contribution >= 0.6 is 11.3 Å². The fourth-order valence-electron chi connectivity index (χ4n) is 2.77. The van der Waals surface area contributed by atoms with Gasteiger partial charge in [-0.25, -0.2) is 14.6 Å². The van der Waals surface area contributed by atoms with Gasteiger partial charge in [-0.1, -0.05) is 12.1 Å². The summed E-state index contributed by atoms with van der Waals surface area (Å²) < 4.78 is 48.6. The number of alkyl halides is 3. The van der Waals surface area contributed by atoms with E-state index in [1.54, 1.807) is 25.1 Å².